The lowest BCUT2D eigenvalue weighted by Gasteiger charge is -2.20. The molecule has 11 nitrogen and oxygen atoms in total. The normalized spacial score (nSPS) is 17.7. The summed E-state index contributed by atoms with van der Waals surface area (Å²) >= 11 is 0. The van der Waals surface area contributed by atoms with Gasteiger partial charge in [-0.2, -0.15) is 0 Å². The van der Waals surface area contributed by atoms with Gasteiger partial charge in [0.15, 0.2) is 6.10 Å². The smallest absolute Gasteiger partial charge is 0.462 e. The number of rotatable bonds is 46. The predicted molar refractivity (Wildman–Crippen MR) is 255 cm³/mol. The van der Waals surface area contributed by atoms with Gasteiger partial charge in [0.2, 0.25) is 0 Å². The average molecular weight is 913 g/mol. The van der Waals surface area contributed by atoms with Crippen molar-refractivity contribution in [2.75, 3.05) is 26.4 Å². The van der Waals surface area contributed by atoms with E-state index in [1.54, 1.807) is 0 Å². The number of ether oxygens (including phenoxy) is 3. The number of allylic oxidation sites excluding steroid dienone is 5. The fraction of sp³-hybridized carbons (Fsp3) is 0.843. The first-order valence-electron chi connectivity index (χ1n) is 25.5. The van der Waals surface area contributed by atoms with Crippen molar-refractivity contribution in [2.45, 2.75) is 244 Å². The third-order valence-electron chi connectivity index (χ3n) is 11.8. The zero-order valence-electron chi connectivity index (χ0n) is 40.2. The van der Waals surface area contributed by atoms with E-state index in [1.807, 2.05) is 6.08 Å². The Labute approximate surface area is 384 Å². The zero-order chi connectivity index (χ0) is 46.1. The highest BCUT2D eigenvalue weighted by Gasteiger charge is 2.36. The van der Waals surface area contributed by atoms with Crippen molar-refractivity contribution >= 4 is 19.8 Å². The van der Waals surface area contributed by atoms with Crippen LogP contribution in [0.15, 0.2) is 36.5 Å². The maximum absolute atomic E-state index is 12.7. The fourth-order valence-corrected chi connectivity index (χ4v) is 8.14. The molecule has 6 atom stereocenters. The molecule has 0 aliphatic carbocycles. The van der Waals surface area contributed by atoms with E-state index in [0.29, 0.717) is 31.5 Å². The first-order valence-corrected chi connectivity index (χ1v) is 27.0. The monoisotopic (exact) mass is 913 g/mol. The van der Waals surface area contributed by atoms with Crippen LogP contribution >= 0.6 is 7.82 Å². The standard InChI is InChI=1S/C51H93O11P/c1-4-6-31-37-48-49(62-48)38-33-28-24-20-17-18-21-25-29-34-39-50(54)58-43-47(44-60-63(56,57)59-42-46(53)41-52)61-51(55)40-35-30-26-22-16-14-12-10-8-7-9-11-13-15-19-23-27-32-36-45(3)5-2/h17,20-21,25,28,33,45-49,52-53H,4-16,18-19,22-24,26-27,29-32,34-44H2,1-3H3,(H,56,57)/b20-17-,25-21-,33-28-/t45?,46-,47+,48?,49?/m0/s1. The molecule has 1 heterocycles. The van der Waals surface area contributed by atoms with Crippen LogP contribution in [0, 0.1) is 5.92 Å². The summed E-state index contributed by atoms with van der Waals surface area (Å²) in [6.45, 7) is 4.70. The second kappa shape index (κ2) is 41.6. The highest BCUT2D eigenvalue weighted by Crippen LogP contribution is 2.43. The van der Waals surface area contributed by atoms with Crippen molar-refractivity contribution in [2.24, 2.45) is 5.92 Å². The molecule has 0 amide bonds. The molecule has 3 N–H and O–H groups in total. The quantitative estimate of drug-likeness (QED) is 0.0175. The minimum Gasteiger partial charge on any atom is -0.462 e. The summed E-state index contributed by atoms with van der Waals surface area (Å²) in [6.07, 6.45) is 45.8. The van der Waals surface area contributed by atoms with Crippen LogP contribution in [-0.2, 0) is 37.4 Å². The maximum Gasteiger partial charge on any atom is 0.472 e. The highest BCUT2D eigenvalue weighted by molar-refractivity contribution is 7.47. The number of esters is 2. The largest absolute Gasteiger partial charge is 0.472 e. The van der Waals surface area contributed by atoms with Crippen LogP contribution in [0.1, 0.15) is 220 Å². The average Bonchev–Trinajstić information content (AvgIpc) is 4.03. The van der Waals surface area contributed by atoms with Gasteiger partial charge in [-0.15, -0.1) is 0 Å². The zero-order valence-corrected chi connectivity index (χ0v) is 41.0. The summed E-state index contributed by atoms with van der Waals surface area (Å²) in [7, 11) is -4.64. The van der Waals surface area contributed by atoms with Gasteiger partial charge in [-0.25, -0.2) is 4.57 Å². The van der Waals surface area contributed by atoms with Gasteiger partial charge >= 0.3 is 19.8 Å². The molecule has 0 aromatic rings. The number of hydrogen-bond donors (Lipinski definition) is 3. The second-order valence-electron chi connectivity index (χ2n) is 17.8. The highest BCUT2D eigenvalue weighted by atomic mass is 31.2. The van der Waals surface area contributed by atoms with Crippen molar-refractivity contribution in [3.63, 3.8) is 0 Å². The molecule has 0 bridgehead atoms. The van der Waals surface area contributed by atoms with Crippen LogP contribution in [0.25, 0.3) is 0 Å². The van der Waals surface area contributed by atoms with Crippen molar-refractivity contribution in [3.05, 3.63) is 36.5 Å². The van der Waals surface area contributed by atoms with E-state index in [2.05, 4.69) is 51.2 Å². The van der Waals surface area contributed by atoms with Gasteiger partial charge in [-0.05, 0) is 50.9 Å². The number of epoxide rings is 1. The molecule has 1 saturated heterocycles. The number of phosphoric acid groups is 1. The van der Waals surface area contributed by atoms with E-state index in [9.17, 15) is 24.2 Å². The van der Waals surface area contributed by atoms with Crippen LogP contribution in [-0.4, -0.2) is 77.9 Å². The van der Waals surface area contributed by atoms with Crippen molar-refractivity contribution in [1.82, 2.24) is 0 Å². The molecule has 63 heavy (non-hydrogen) atoms. The van der Waals surface area contributed by atoms with Gasteiger partial charge in [0, 0.05) is 12.8 Å². The lowest BCUT2D eigenvalue weighted by atomic mass is 9.99. The molecular formula is C51H93O11P. The molecule has 1 rings (SSSR count). The summed E-state index contributed by atoms with van der Waals surface area (Å²) in [5.41, 5.74) is 0. The molecule has 1 fully saturated rings. The molecule has 0 saturated carbocycles. The van der Waals surface area contributed by atoms with Gasteiger partial charge in [0.25, 0.3) is 0 Å². The summed E-state index contributed by atoms with van der Waals surface area (Å²) in [6, 6.07) is 0. The number of carbonyl (C=O) groups excluding carboxylic acids is 2. The van der Waals surface area contributed by atoms with Gasteiger partial charge in [0.1, 0.15) is 12.7 Å². The number of unbranched alkanes of at least 4 members (excludes halogenated alkanes) is 20. The molecule has 1 aliphatic rings. The Bertz CT molecular complexity index is 1220. The SMILES string of the molecule is CCCCCC1OC1C/C=C\C/C=C\C/C=C\CCCC(=O)OC[C@H](COP(=O)(O)OC[C@@H](O)CO)OC(=O)CCCCCCCCCCCCCCCCCCCCC(C)CC. The molecule has 0 radical (unpaired) electrons. The Morgan fingerprint density at radius 3 is 1.73 bits per heavy atom. The first kappa shape index (κ1) is 59.2. The summed E-state index contributed by atoms with van der Waals surface area (Å²) in [5.74, 6) is -0.0968. The number of hydrogen-bond acceptors (Lipinski definition) is 10. The van der Waals surface area contributed by atoms with Crippen LogP contribution < -0.4 is 0 Å². The van der Waals surface area contributed by atoms with E-state index >= 15 is 0 Å². The third kappa shape index (κ3) is 39.1. The lowest BCUT2D eigenvalue weighted by Crippen LogP contribution is -2.29. The third-order valence-corrected chi connectivity index (χ3v) is 12.7. The topological polar surface area (TPSA) is 161 Å². The minimum atomic E-state index is -4.64. The van der Waals surface area contributed by atoms with E-state index in [1.165, 1.54) is 128 Å². The lowest BCUT2D eigenvalue weighted by molar-refractivity contribution is -0.161. The summed E-state index contributed by atoms with van der Waals surface area (Å²) in [5, 5.41) is 18.4. The van der Waals surface area contributed by atoms with Gasteiger partial charge in [-0.1, -0.05) is 198 Å². The summed E-state index contributed by atoms with van der Waals surface area (Å²) in [4.78, 5) is 35.1. The Balaban J connectivity index is 2.19. The Kier molecular flexibility index (Phi) is 39.0. The molecule has 4 unspecified atom stereocenters. The van der Waals surface area contributed by atoms with Crippen molar-refractivity contribution in [1.29, 1.82) is 0 Å². The van der Waals surface area contributed by atoms with Crippen LogP contribution in [0.5, 0.6) is 0 Å². The van der Waals surface area contributed by atoms with E-state index in [-0.39, 0.29) is 19.4 Å². The maximum atomic E-state index is 12.7. The van der Waals surface area contributed by atoms with E-state index < -0.39 is 51.8 Å². The molecule has 12 heteroatoms. The predicted octanol–water partition coefficient (Wildman–Crippen LogP) is 13.1. The van der Waals surface area contributed by atoms with Gasteiger partial charge < -0.3 is 29.3 Å². The fourth-order valence-electron chi connectivity index (χ4n) is 7.35. The molecule has 0 spiro atoms. The number of aliphatic hydroxyl groups is 2. The van der Waals surface area contributed by atoms with Gasteiger partial charge in [-0.3, -0.25) is 18.6 Å². The van der Waals surface area contributed by atoms with Crippen LogP contribution in [0.3, 0.4) is 0 Å². The number of carbonyl (C=O) groups is 2. The van der Waals surface area contributed by atoms with E-state index in [0.717, 1.165) is 44.4 Å². The Morgan fingerprint density at radius 2 is 1.16 bits per heavy atom. The molecule has 0 aromatic heterocycles. The Morgan fingerprint density at radius 1 is 0.635 bits per heavy atom. The molecule has 1 aliphatic heterocycles. The molecular weight excluding hydrogens is 820 g/mol. The van der Waals surface area contributed by atoms with Gasteiger partial charge in [0.05, 0.1) is 32.0 Å². The number of phosphoric ester groups is 1. The van der Waals surface area contributed by atoms with Crippen LogP contribution in [0.4, 0.5) is 0 Å². The van der Waals surface area contributed by atoms with Crippen molar-refractivity contribution in [3.8, 4) is 0 Å². The number of aliphatic hydroxyl groups excluding tert-OH is 2. The van der Waals surface area contributed by atoms with Crippen molar-refractivity contribution < 1.29 is 52.5 Å². The second-order valence-corrected chi connectivity index (χ2v) is 19.3. The Hall–Kier alpha value is -1.85. The molecule has 368 valence electrons. The van der Waals surface area contributed by atoms with E-state index in [4.69, 9.17) is 28.4 Å². The first-order chi connectivity index (χ1) is 30.6. The molecule has 0 aromatic carbocycles. The van der Waals surface area contributed by atoms with Crippen LogP contribution in [0.2, 0.25) is 0 Å². The summed E-state index contributed by atoms with van der Waals surface area (Å²) < 4.78 is 38.5. The minimum absolute atomic E-state index is 0.163.